The lowest BCUT2D eigenvalue weighted by Crippen LogP contribution is -2.44. The van der Waals surface area contributed by atoms with Crippen LogP contribution >= 0.6 is 0 Å². The molecule has 0 saturated carbocycles. The minimum atomic E-state index is -0.209. The van der Waals surface area contributed by atoms with Gasteiger partial charge in [-0.3, -0.25) is 9.78 Å². The minimum absolute atomic E-state index is 0.0108. The van der Waals surface area contributed by atoms with Gasteiger partial charge in [0.05, 0.1) is 24.5 Å². The summed E-state index contributed by atoms with van der Waals surface area (Å²) in [6, 6.07) is 3.71. The van der Waals surface area contributed by atoms with Crippen molar-refractivity contribution in [1.82, 2.24) is 15.0 Å². The quantitative estimate of drug-likeness (QED) is 0.850. The van der Waals surface area contributed by atoms with Crippen LogP contribution in [0.1, 0.15) is 34.7 Å². The van der Waals surface area contributed by atoms with Crippen molar-refractivity contribution in [3.63, 3.8) is 0 Å². The van der Waals surface area contributed by atoms with Crippen LogP contribution in [0.3, 0.4) is 0 Å². The maximum absolute atomic E-state index is 13.1. The molecule has 132 valence electrons. The Morgan fingerprint density at radius 2 is 2.28 bits per heavy atom. The molecule has 0 radical (unpaired) electrons. The summed E-state index contributed by atoms with van der Waals surface area (Å²) in [5.41, 5.74) is 1.17. The average molecular weight is 343 g/mol. The monoisotopic (exact) mass is 343 g/mol. The Morgan fingerprint density at radius 1 is 1.40 bits per heavy atom. The maximum atomic E-state index is 13.1. The molecule has 1 amide bonds. The molecule has 2 aromatic heterocycles. The Morgan fingerprint density at radius 3 is 3.00 bits per heavy atom. The lowest BCUT2D eigenvalue weighted by molar-refractivity contribution is -0.0447. The SMILES string of the molecule is Cc1noc(C)c1C(=O)N1C[C@H](Oc2cccnc2)[C@H]2OCCC[C@H]21. The largest absolute Gasteiger partial charge is 0.484 e. The Kier molecular flexibility index (Phi) is 4.17. The van der Waals surface area contributed by atoms with E-state index in [0.29, 0.717) is 35.9 Å². The van der Waals surface area contributed by atoms with E-state index in [1.165, 1.54) is 0 Å². The van der Waals surface area contributed by atoms with E-state index in [0.717, 1.165) is 12.8 Å². The van der Waals surface area contributed by atoms with Gasteiger partial charge in [-0.1, -0.05) is 5.16 Å². The van der Waals surface area contributed by atoms with Gasteiger partial charge < -0.3 is 18.9 Å². The van der Waals surface area contributed by atoms with Crippen molar-refractivity contribution in [3.05, 3.63) is 41.5 Å². The van der Waals surface area contributed by atoms with Crippen molar-refractivity contribution in [1.29, 1.82) is 0 Å². The number of carbonyl (C=O) groups excluding carboxylic acids is 1. The second-order valence-corrected chi connectivity index (χ2v) is 6.55. The number of hydrogen-bond donors (Lipinski definition) is 0. The van der Waals surface area contributed by atoms with Crippen LogP contribution in [0.2, 0.25) is 0 Å². The van der Waals surface area contributed by atoms with Crippen molar-refractivity contribution >= 4 is 5.91 Å². The fraction of sp³-hybridized carbons (Fsp3) is 0.500. The number of fused-ring (bicyclic) bond motifs is 1. The number of rotatable bonds is 3. The highest BCUT2D eigenvalue weighted by Gasteiger charge is 2.48. The number of likely N-dealkylation sites (tertiary alicyclic amines) is 1. The first kappa shape index (κ1) is 16.1. The molecule has 2 saturated heterocycles. The number of nitrogens with zero attached hydrogens (tertiary/aromatic N) is 3. The predicted molar refractivity (Wildman–Crippen MR) is 88.4 cm³/mol. The number of aromatic nitrogens is 2. The number of pyridine rings is 1. The predicted octanol–water partition coefficient (Wildman–Crippen LogP) is 2.14. The third kappa shape index (κ3) is 2.89. The average Bonchev–Trinajstić information content (AvgIpc) is 3.16. The van der Waals surface area contributed by atoms with Gasteiger partial charge in [-0.05, 0) is 38.8 Å². The number of ether oxygens (including phenoxy) is 2. The van der Waals surface area contributed by atoms with E-state index in [1.54, 1.807) is 26.2 Å². The normalized spacial score (nSPS) is 25.7. The molecule has 2 aliphatic heterocycles. The summed E-state index contributed by atoms with van der Waals surface area (Å²) < 4.78 is 17.2. The van der Waals surface area contributed by atoms with Crippen LogP contribution in [0, 0.1) is 13.8 Å². The van der Waals surface area contributed by atoms with Crippen molar-refractivity contribution in [2.45, 2.75) is 44.9 Å². The van der Waals surface area contributed by atoms with E-state index in [2.05, 4.69) is 10.1 Å². The second-order valence-electron chi connectivity index (χ2n) is 6.55. The molecule has 0 spiro atoms. The molecule has 7 nitrogen and oxygen atoms in total. The zero-order valence-corrected chi connectivity index (χ0v) is 14.3. The van der Waals surface area contributed by atoms with Gasteiger partial charge in [-0.15, -0.1) is 0 Å². The zero-order valence-electron chi connectivity index (χ0n) is 14.3. The Hall–Kier alpha value is -2.41. The van der Waals surface area contributed by atoms with E-state index >= 15 is 0 Å². The Balaban J connectivity index is 1.59. The van der Waals surface area contributed by atoms with Crippen LogP contribution in [0.5, 0.6) is 5.75 Å². The molecule has 25 heavy (non-hydrogen) atoms. The number of amides is 1. The van der Waals surface area contributed by atoms with Crippen LogP contribution in [0.4, 0.5) is 0 Å². The molecule has 2 aliphatic rings. The van der Waals surface area contributed by atoms with Crippen LogP contribution < -0.4 is 4.74 Å². The third-order valence-corrected chi connectivity index (χ3v) is 4.91. The van der Waals surface area contributed by atoms with Crippen molar-refractivity contribution in [2.75, 3.05) is 13.2 Å². The minimum Gasteiger partial charge on any atom is -0.484 e. The van der Waals surface area contributed by atoms with Crippen molar-refractivity contribution < 1.29 is 18.8 Å². The highest BCUT2D eigenvalue weighted by molar-refractivity contribution is 5.96. The molecule has 4 rings (SSSR count). The standard InChI is InChI=1S/C18H21N3O4/c1-11-16(12(2)25-20-11)18(22)21-10-15(17-14(21)6-4-8-23-17)24-13-5-3-7-19-9-13/h3,5,7,9,14-15,17H,4,6,8,10H2,1-2H3/t14-,15+,17+/m1/s1. The summed E-state index contributed by atoms with van der Waals surface area (Å²) in [7, 11) is 0. The highest BCUT2D eigenvalue weighted by atomic mass is 16.5. The van der Waals surface area contributed by atoms with Gasteiger partial charge in [0, 0.05) is 12.8 Å². The van der Waals surface area contributed by atoms with Gasteiger partial charge in [0.1, 0.15) is 29.3 Å². The molecule has 4 heterocycles. The molecule has 2 fully saturated rings. The van der Waals surface area contributed by atoms with Gasteiger partial charge in [0.2, 0.25) is 0 Å². The van der Waals surface area contributed by atoms with E-state index in [4.69, 9.17) is 14.0 Å². The molecule has 0 unspecified atom stereocenters. The maximum Gasteiger partial charge on any atom is 0.259 e. The first-order valence-corrected chi connectivity index (χ1v) is 8.57. The van der Waals surface area contributed by atoms with Gasteiger partial charge in [-0.25, -0.2) is 0 Å². The molecule has 0 aromatic carbocycles. The summed E-state index contributed by atoms with van der Waals surface area (Å²) >= 11 is 0. The smallest absolute Gasteiger partial charge is 0.259 e. The molecule has 2 aromatic rings. The van der Waals surface area contributed by atoms with E-state index in [1.807, 2.05) is 17.0 Å². The van der Waals surface area contributed by atoms with E-state index in [9.17, 15) is 4.79 Å². The van der Waals surface area contributed by atoms with Gasteiger partial charge in [-0.2, -0.15) is 0 Å². The van der Waals surface area contributed by atoms with Crippen LogP contribution in [0.25, 0.3) is 0 Å². The van der Waals surface area contributed by atoms with Crippen molar-refractivity contribution in [3.8, 4) is 5.75 Å². The van der Waals surface area contributed by atoms with Gasteiger partial charge in [0.25, 0.3) is 5.91 Å². The van der Waals surface area contributed by atoms with Gasteiger partial charge in [0.15, 0.2) is 0 Å². The molecule has 0 aliphatic carbocycles. The van der Waals surface area contributed by atoms with Crippen molar-refractivity contribution in [2.24, 2.45) is 0 Å². The second kappa shape index (κ2) is 6.48. The molecule has 0 bridgehead atoms. The number of hydrogen-bond acceptors (Lipinski definition) is 6. The molecule has 0 N–H and O–H groups in total. The summed E-state index contributed by atoms with van der Waals surface area (Å²) in [5.74, 6) is 1.17. The van der Waals surface area contributed by atoms with Gasteiger partial charge >= 0.3 is 0 Å². The summed E-state index contributed by atoms with van der Waals surface area (Å²) in [5, 5.41) is 3.91. The lowest BCUT2D eigenvalue weighted by atomic mass is 10.0. The number of carbonyl (C=O) groups is 1. The first-order valence-electron chi connectivity index (χ1n) is 8.57. The molecule has 7 heteroatoms. The first-order chi connectivity index (χ1) is 12.1. The highest BCUT2D eigenvalue weighted by Crippen LogP contribution is 2.33. The fourth-order valence-electron chi connectivity index (χ4n) is 3.77. The van der Waals surface area contributed by atoms with Crippen LogP contribution in [0.15, 0.2) is 29.0 Å². The summed E-state index contributed by atoms with van der Waals surface area (Å²) in [6.45, 7) is 4.73. The van der Waals surface area contributed by atoms with E-state index in [-0.39, 0.29) is 24.2 Å². The summed E-state index contributed by atoms with van der Waals surface area (Å²) in [6.07, 6.45) is 4.89. The molecule has 3 atom stereocenters. The fourth-order valence-corrected chi connectivity index (χ4v) is 3.77. The zero-order chi connectivity index (χ0) is 17.4. The topological polar surface area (TPSA) is 77.7 Å². The Bertz CT molecular complexity index is 741. The Labute approximate surface area is 145 Å². The third-order valence-electron chi connectivity index (χ3n) is 4.91. The molecular formula is C18H21N3O4. The lowest BCUT2D eigenvalue weighted by Gasteiger charge is -2.32. The van der Waals surface area contributed by atoms with Crippen LogP contribution in [-0.2, 0) is 4.74 Å². The molecular weight excluding hydrogens is 322 g/mol. The van der Waals surface area contributed by atoms with Crippen LogP contribution in [-0.4, -0.2) is 52.3 Å². The number of aryl methyl sites for hydroxylation is 2. The van der Waals surface area contributed by atoms with E-state index < -0.39 is 0 Å². The summed E-state index contributed by atoms with van der Waals surface area (Å²) in [4.78, 5) is 19.0.